The maximum absolute atomic E-state index is 13.0. The van der Waals surface area contributed by atoms with Crippen LogP contribution in [0.5, 0.6) is 0 Å². The Morgan fingerprint density at radius 2 is 1.85 bits per heavy atom. The lowest BCUT2D eigenvalue weighted by atomic mass is 9.98. The SMILES string of the molecule is CC(=O)NCC(=O)N1CCCC[C@@H]1c1ccc2c(=O)n(C)c(=O)n(Cc3ccccc3)c2n1. The van der Waals surface area contributed by atoms with Crippen LogP contribution in [0.25, 0.3) is 11.0 Å². The van der Waals surface area contributed by atoms with E-state index in [0.29, 0.717) is 23.3 Å². The van der Waals surface area contributed by atoms with Gasteiger partial charge in [-0.3, -0.25) is 23.5 Å². The number of hydrogen-bond acceptors (Lipinski definition) is 5. The zero-order valence-corrected chi connectivity index (χ0v) is 18.8. The summed E-state index contributed by atoms with van der Waals surface area (Å²) >= 11 is 0. The second kappa shape index (κ2) is 9.40. The van der Waals surface area contributed by atoms with Crippen molar-refractivity contribution in [2.75, 3.05) is 13.1 Å². The number of fused-ring (bicyclic) bond motifs is 1. The zero-order valence-electron chi connectivity index (χ0n) is 18.8. The predicted octanol–water partition coefficient (Wildman–Crippen LogP) is 1.33. The summed E-state index contributed by atoms with van der Waals surface area (Å²) in [4.78, 5) is 56.3. The summed E-state index contributed by atoms with van der Waals surface area (Å²) in [6.07, 6.45) is 2.52. The molecule has 3 heterocycles. The van der Waals surface area contributed by atoms with Gasteiger partial charge in [0.05, 0.1) is 30.2 Å². The molecule has 172 valence electrons. The number of rotatable bonds is 5. The molecule has 33 heavy (non-hydrogen) atoms. The predicted molar refractivity (Wildman–Crippen MR) is 124 cm³/mol. The van der Waals surface area contributed by atoms with Crippen LogP contribution in [0.2, 0.25) is 0 Å². The monoisotopic (exact) mass is 449 g/mol. The highest BCUT2D eigenvalue weighted by molar-refractivity contribution is 5.84. The molecule has 2 amide bonds. The van der Waals surface area contributed by atoms with Crippen molar-refractivity contribution in [2.24, 2.45) is 7.05 Å². The molecule has 9 heteroatoms. The largest absolute Gasteiger partial charge is 0.347 e. The molecule has 1 atom stereocenters. The highest BCUT2D eigenvalue weighted by Gasteiger charge is 2.29. The van der Waals surface area contributed by atoms with E-state index in [-0.39, 0.29) is 30.9 Å². The molecule has 0 saturated carbocycles. The maximum atomic E-state index is 13.0. The van der Waals surface area contributed by atoms with Gasteiger partial charge in [0.15, 0.2) is 0 Å². The van der Waals surface area contributed by atoms with Gasteiger partial charge >= 0.3 is 5.69 Å². The van der Waals surface area contributed by atoms with Crippen LogP contribution in [0.1, 0.15) is 43.5 Å². The van der Waals surface area contributed by atoms with Gasteiger partial charge in [0, 0.05) is 20.5 Å². The number of likely N-dealkylation sites (tertiary alicyclic amines) is 1. The Bertz CT molecular complexity index is 1310. The lowest BCUT2D eigenvalue weighted by Gasteiger charge is -2.35. The summed E-state index contributed by atoms with van der Waals surface area (Å²) in [7, 11) is 1.46. The van der Waals surface area contributed by atoms with Crippen molar-refractivity contribution in [1.82, 2.24) is 24.3 Å². The Labute approximate surface area is 190 Å². The first-order valence-electron chi connectivity index (χ1n) is 11.0. The minimum Gasteiger partial charge on any atom is -0.347 e. The summed E-state index contributed by atoms with van der Waals surface area (Å²) in [6, 6.07) is 12.7. The molecule has 0 unspecified atom stereocenters. The van der Waals surface area contributed by atoms with Crippen molar-refractivity contribution in [3.8, 4) is 0 Å². The van der Waals surface area contributed by atoms with Gasteiger partial charge in [-0.15, -0.1) is 0 Å². The molecule has 1 fully saturated rings. The number of amides is 2. The van der Waals surface area contributed by atoms with E-state index in [0.717, 1.165) is 29.4 Å². The van der Waals surface area contributed by atoms with Gasteiger partial charge in [0.2, 0.25) is 11.8 Å². The summed E-state index contributed by atoms with van der Waals surface area (Å²) in [5.41, 5.74) is 1.01. The van der Waals surface area contributed by atoms with E-state index in [4.69, 9.17) is 4.98 Å². The van der Waals surface area contributed by atoms with Crippen LogP contribution in [0.3, 0.4) is 0 Å². The Balaban J connectivity index is 1.79. The number of pyridine rings is 1. The number of nitrogens with one attached hydrogen (secondary N) is 1. The van der Waals surface area contributed by atoms with Crippen LogP contribution in [-0.4, -0.2) is 43.9 Å². The third kappa shape index (κ3) is 4.57. The number of carbonyl (C=O) groups excluding carboxylic acids is 2. The molecule has 1 aliphatic rings. The van der Waals surface area contributed by atoms with Crippen LogP contribution in [-0.2, 0) is 23.2 Å². The molecule has 4 rings (SSSR count). The third-order valence-corrected chi connectivity index (χ3v) is 6.04. The van der Waals surface area contributed by atoms with E-state index < -0.39 is 11.2 Å². The second-order valence-electron chi connectivity index (χ2n) is 8.33. The number of benzene rings is 1. The smallest absolute Gasteiger partial charge is 0.332 e. The molecule has 0 aliphatic carbocycles. The third-order valence-electron chi connectivity index (χ3n) is 6.04. The Hall–Kier alpha value is -3.75. The molecular weight excluding hydrogens is 422 g/mol. The summed E-state index contributed by atoms with van der Waals surface area (Å²) in [5, 5.41) is 2.91. The number of carbonyl (C=O) groups is 2. The van der Waals surface area contributed by atoms with Crippen LogP contribution in [0.4, 0.5) is 0 Å². The normalized spacial score (nSPS) is 16.1. The van der Waals surface area contributed by atoms with Crippen molar-refractivity contribution in [3.63, 3.8) is 0 Å². The van der Waals surface area contributed by atoms with E-state index >= 15 is 0 Å². The molecule has 1 saturated heterocycles. The van der Waals surface area contributed by atoms with Crippen LogP contribution in [0, 0.1) is 0 Å². The molecule has 1 N–H and O–H groups in total. The fourth-order valence-corrected chi connectivity index (χ4v) is 4.31. The summed E-state index contributed by atoms with van der Waals surface area (Å²) < 4.78 is 2.60. The standard InChI is InChI=1S/C24H27N5O4/c1-16(30)25-14-21(31)28-13-7-6-10-20(28)19-12-11-18-22(26-19)29(24(33)27(2)23(18)32)15-17-8-4-3-5-9-17/h3-5,8-9,11-12,20H,6-7,10,13-15H2,1-2H3,(H,25,30)/t20-/m1/s1. The van der Waals surface area contributed by atoms with Crippen molar-refractivity contribution in [2.45, 2.75) is 38.8 Å². The van der Waals surface area contributed by atoms with Gasteiger partial charge in [0.1, 0.15) is 5.65 Å². The number of nitrogens with zero attached hydrogens (tertiary/aromatic N) is 4. The molecule has 2 aromatic heterocycles. The van der Waals surface area contributed by atoms with E-state index in [2.05, 4.69) is 5.32 Å². The second-order valence-corrected chi connectivity index (χ2v) is 8.33. The molecule has 1 aliphatic heterocycles. The van der Waals surface area contributed by atoms with Crippen molar-refractivity contribution >= 4 is 22.8 Å². The lowest BCUT2D eigenvalue weighted by Crippen LogP contribution is -2.44. The first kappa shape index (κ1) is 22.4. The van der Waals surface area contributed by atoms with Gasteiger partial charge in [-0.2, -0.15) is 0 Å². The van der Waals surface area contributed by atoms with Gasteiger partial charge in [-0.25, -0.2) is 9.78 Å². The van der Waals surface area contributed by atoms with Crippen molar-refractivity contribution < 1.29 is 9.59 Å². The number of aromatic nitrogens is 3. The molecule has 0 spiro atoms. The van der Waals surface area contributed by atoms with Crippen LogP contribution < -0.4 is 16.6 Å². The molecule has 3 aromatic rings. The van der Waals surface area contributed by atoms with Crippen molar-refractivity contribution in [3.05, 3.63) is 74.6 Å². The first-order chi connectivity index (χ1) is 15.9. The minimum atomic E-state index is -0.441. The molecule has 9 nitrogen and oxygen atoms in total. The lowest BCUT2D eigenvalue weighted by molar-refractivity contribution is -0.136. The van der Waals surface area contributed by atoms with Gasteiger partial charge in [0.25, 0.3) is 5.56 Å². The van der Waals surface area contributed by atoms with Crippen LogP contribution >= 0.6 is 0 Å². The van der Waals surface area contributed by atoms with E-state index in [1.807, 2.05) is 30.3 Å². The van der Waals surface area contributed by atoms with E-state index in [1.165, 1.54) is 18.5 Å². The molecule has 0 bridgehead atoms. The van der Waals surface area contributed by atoms with Crippen molar-refractivity contribution in [1.29, 1.82) is 0 Å². The minimum absolute atomic E-state index is 0.0708. The fourth-order valence-electron chi connectivity index (χ4n) is 4.31. The quantitative estimate of drug-likeness (QED) is 0.633. The van der Waals surface area contributed by atoms with Gasteiger partial charge in [-0.1, -0.05) is 30.3 Å². The van der Waals surface area contributed by atoms with Gasteiger partial charge in [-0.05, 0) is 37.0 Å². The van der Waals surface area contributed by atoms with E-state index in [1.54, 1.807) is 17.0 Å². The topological polar surface area (TPSA) is 106 Å². The zero-order chi connectivity index (χ0) is 23.5. The highest BCUT2D eigenvalue weighted by atomic mass is 16.2. The summed E-state index contributed by atoms with van der Waals surface area (Å²) in [5.74, 6) is -0.441. The maximum Gasteiger partial charge on any atom is 0.332 e. The molecule has 0 radical (unpaired) electrons. The highest BCUT2D eigenvalue weighted by Crippen LogP contribution is 2.30. The van der Waals surface area contributed by atoms with Gasteiger partial charge < -0.3 is 10.2 Å². The molecular formula is C24H27N5O4. The number of hydrogen-bond donors (Lipinski definition) is 1. The Kier molecular flexibility index (Phi) is 6.39. The average Bonchev–Trinajstić information content (AvgIpc) is 2.84. The average molecular weight is 450 g/mol. The number of piperidine rings is 1. The molecule has 1 aromatic carbocycles. The first-order valence-corrected chi connectivity index (χ1v) is 11.0. The Morgan fingerprint density at radius 1 is 1.09 bits per heavy atom. The Morgan fingerprint density at radius 3 is 2.58 bits per heavy atom. The van der Waals surface area contributed by atoms with Crippen LogP contribution in [0.15, 0.2) is 52.1 Å². The summed E-state index contributed by atoms with van der Waals surface area (Å²) in [6.45, 7) is 2.14. The fraction of sp³-hybridized carbons (Fsp3) is 0.375. The van der Waals surface area contributed by atoms with E-state index in [9.17, 15) is 19.2 Å².